The molecule has 0 aromatic heterocycles. The van der Waals surface area contributed by atoms with Crippen LogP contribution in [0.4, 0.5) is 0 Å². The third kappa shape index (κ3) is 1.79. The average Bonchev–Trinajstić information content (AvgIpc) is 1.91. The van der Waals surface area contributed by atoms with Crippen LogP contribution in [0, 0.1) is 11.3 Å². The molecule has 3 heteroatoms. The topological polar surface area (TPSA) is 23.6 Å². The molecule has 0 aromatic rings. The van der Waals surface area contributed by atoms with Crippen LogP contribution >= 0.6 is 0 Å². The zero-order chi connectivity index (χ0) is 12.3. The van der Waals surface area contributed by atoms with Crippen LogP contribution in [0.1, 0.15) is 40.0 Å². The Morgan fingerprint density at radius 2 is 1.76 bits per heavy atom. The maximum absolute atomic E-state index is 12.0. The van der Waals surface area contributed by atoms with Gasteiger partial charge in [0.15, 0.2) is 0 Å². The Bertz CT molecular complexity index is 327. The predicted octanol–water partition coefficient (Wildman–Crippen LogP) is 1.73. The van der Waals surface area contributed by atoms with E-state index in [1.54, 1.807) is 0 Å². The van der Waals surface area contributed by atoms with Crippen LogP contribution in [0.2, 0.25) is 0 Å². The Kier molecular flexibility index (Phi) is 2.35. The van der Waals surface area contributed by atoms with E-state index in [1.807, 2.05) is 4.90 Å². The fraction of sp³-hybridized carbons (Fsp3) is 0.929. The van der Waals surface area contributed by atoms with Gasteiger partial charge in [0.25, 0.3) is 0 Å². The first-order valence-electron chi connectivity index (χ1n) is 6.94. The van der Waals surface area contributed by atoms with Gasteiger partial charge >= 0.3 is 0 Å². The molecule has 2 saturated heterocycles. The third-order valence-electron chi connectivity index (χ3n) is 4.88. The second kappa shape index (κ2) is 3.47. The van der Waals surface area contributed by atoms with Crippen LogP contribution in [0.5, 0.6) is 0 Å². The van der Waals surface area contributed by atoms with Crippen LogP contribution in [0.25, 0.3) is 0 Å². The Labute approximate surface area is 104 Å². The lowest BCUT2D eigenvalue weighted by Gasteiger charge is -2.62. The maximum atomic E-state index is 12.0. The molecule has 96 valence electrons. The lowest BCUT2D eigenvalue weighted by Crippen LogP contribution is -2.68. The van der Waals surface area contributed by atoms with Crippen LogP contribution in [0.15, 0.2) is 0 Å². The number of carbonyl (C=O) groups excluding carboxylic acids is 1. The van der Waals surface area contributed by atoms with E-state index in [0.29, 0.717) is 22.8 Å². The standard InChI is InChI=1S/C14H24N2O/c1-13(2,3)16-9-14(10-16)7-11(8-14)12(17)15-5-4-6-15/h11H,4-10H2,1-3H3. The van der Waals surface area contributed by atoms with E-state index in [1.165, 1.54) is 19.5 Å². The van der Waals surface area contributed by atoms with Crippen molar-refractivity contribution < 1.29 is 4.79 Å². The van der Waals surface area contributed by atoms with E-state index in [0.717, 1.165) is 25.9 Å². The summed E-state index contributed by atoms with van der Waals surface area (Å²) in [6, 6.07) is 0. The molecule has 0 atom stereocenters. The Morgan fingerprint density at radius 3 is 2.18 bits per heavy atom. The number of amides is 1. The van der Waals surface area contributed by atoms with E-state index in [9.17, 15) is 4.79 Å². The van der Waals surface area contributed by atoms with Gasteiger partial charge in [-0.2, -0.15) is 0 Å². The highest BCUT2D eigenvalue weighted by molar-refractivity contribution is 5.80. The number of rotatable bonds is 1. The summed E-state index contributed by atoms with van der Waals surface area (Å²) in [6.07, 6.45) is 3.51. The van der Waals surface area contributed by atoms with E-state index >= 15 is 0 Å². The second-order valence-electron chi connectivity index (χ2n) is 7.31. The highest BCUT2D eigenvalue weighted by Gasteiger charge is 2.56. The molecule has 3 nitrogen and oxygen atoms in total. The second-order valence-corrected chi connectivity index (χ2v) is 7.31. The molecule has 0 aromatic carbocycles. The molecule has 3 fully saturated rings. The van der Waals surface area contributed by atoms with Gasteiger partial charge in [-0.3, -0.25) is 9.69 Å². The first-order chi connectivity index (χ1) is 7.90. The molecule has 17 heavy (non-hydrogen) atoms. The summed E-state index contributed by atoms with van der Waals surface area (Å²) in [5.74, 6) is 0.800. The smallest absolute Gasteiger partial charge is 0.225 e. The van der Waals surface area contributed by atoms with Crippen molar-refractivity contribution in [2.75, 3.05) is 26.2 Å². The highest BCUT2D eigenvalue weighted by atomic mass is 16.2. The lowest BCUT2D eigenvalue weighted by atomic mass is 9.56. The van der Waals surface area contributed by atoms with Gasteiger partial charge in [-0.25, -0.2) is 0 Å². The summed E-state index contributed by atoms with van der Waals surface area (Å²) in [5, 5.41) is 0. The van der Waals surface area contributed by atoms with Gasteiger partial charge in [-0.15, -0.1) is 0 Å². The molecule has 0 N–H and O–H groups in total. The first kappa shape index (κ1) is 11.5. The SMILES string of the molecule is CC(C)(C)N1CC2(CC(C(=O)N3CCC3)C2)C1. The Morgan fingerprint density at radius 1 is 1.18 bits per heavy atom. The molecule has 3 rings (SSSR count). The fourth-order valence-corrected chi connectivity index (χ4v) is 3.45. The van der Waals surface area contributed by atoms with Crippen molar-refractivity contribution in [1.82, 2.24) is 9.80 Å². The molecule has 1 saturated carbocycles. The van der Waals surface area contributed by atoms with Crippen molar-refractivity contribution in [1.29, 1.82) is 0 Å². The summed E-state index contributed by atoms with van der Waals surface area (Å²) in [6.45, 7) is 11.3. The number of hydrogen-bond donors (Lipinski definition) is 0. The van der Waals surface area contributed by atoms with Gasteiger partial charge in [0, 0.05) is 37.6 Å². The lowest BCUT2D eigenvalue weighted by molar-refractivity contribution is -0.165. The number of likely N-dealkylation sites (tertiary alicyclic amines) is 2. The monoisotopic (exact) mass is 236 g/mol. The number of nitrogens with zero attached hydrogens (tertiary/aromatic N) is 2. The minimum absolute atomic E-state index is 0.303. The van der Waals surface area contributed by atoms with Crippen molar-refractivity contribution in [3.8, 4) is 0 Å². The van der Waals surface area contributed by atoms with Gasteiger partial charge in [-0.1, -0.05) is 0 Å². The van der Waals surface area contributed by atoms with Crippen molar-refractivity contribution in [3.05, 3.63) is 0 Å². The summed E-state index contributed by atoms with van der Waals surface area (Å²) < 4.78 is 0. The zero-order valence-corrected chi connectivity index (χ0v) is 11.3. The van der Waals surface area contributed by atoms with E-state index in [-0.39, 0.29) is 0 Å². The third-order valence-corrected chi connectivity index (χ3v) is 4.88. The Balaban J connectivity index is 1.48. The molecular formula is C14H24N2O. The van der Waals surface area contributed by atoms with Crippen molar-refractivity contribution in [2.24, 2.45) is 11.3 Å². The molecule has 0 bridgehead atoms. The van der Waals surface area contributed by atoms with Gasteiger partial charge in [0.1, 0.15) is 0 Å². The largest absolute Gasteiger partial charge is 0.342 e. The van der Waals surface area contributed by atoms with Gasteiger partial charge in [0.05, 0.1) is 0 Å². The zero-order valence-electron chi connectivity index (χ0n) is 11.3. The predicted molar refractivity (Wildman–Crippen MR) is 67.7 cm³/mol. The normalized spacial score (nSPS) is 28.5. The van der Waals surface area contributed by atoms with Gasteiger partial charge in [-0.05, 0) is 45.4 Å². The summed E-state index contributed by atoms with van der Waals surface area (Å²) in [7, 11) is 0. The number of carbonyl (C=O) groups is 1. The fourth-order valence-electron chi connectivity index (χ4n) is 3.45. The van der Waals surface area contributed by atoms with Crippen molar-refractivity contribution in [3.63, 3.8) is 0 Å². The van der Waals surface area contributed by atoms with E-state index < -0.39 is 0 Å². The average molecular weight is 236 g/mol. The maximum Gasteiger partial charge on any atom is 0.225 e. The molecular weight excluding hydrogens is 212 g/mol. The highest BCUT2D eigenvalue weighted by Crippen LogP contribution is 2.54. The quantitative estimate of drug-likeness (QED) is 0.692. The summed E-state index contributed by atoms with van der Waals surface area (Å²) in [4.78, 5) is 16.6. The molecule has 1 amide bonds. The van der Waals surface area contributed by atoms with Gasteiger partial charge < -0.3 is 4.90 Å². The van der Waals surface area contributed by atoms with E-state index in [2.05, 4.69) is 25.7 Å². The molecule has 1 spiro atoms. The molecule has 0 radical (unpaired) electrons. The van der Waals surface area contributed by atoms with Gasteiger partial charge in [0.2, 0.25) is 5.91 Å². The Hall–Kier alpha value is -0.570. The molecule has 2 heterocycles. The number of hydrogen-bond acceptors (Lipinski definition) is 2. The van der Waals surface area contributed by atoms with Crippen LogP contribution in [-0.4, -0.2) is 47.4 Å². The summed E-state index contributed by atoms with van der Waals surface area (Å²) in [5.41, 5.74) is 0.816. The first-order valence-corrected chi connectivity index (χ1v) is 6.94. The molecule has 3 aliphatic rings. The molecule has 1 aliphatic carbocycles. The van der Waals surface area contributed by atoms with Crippen LogP contribution in [0.3, 0.4) is 0 Å². The van der Waals surface area contributed by atoms with Crippen molar-refractivity contribution >= 4 is 5.91 Å². The summed E-state index contributed by atoms with van der Waals surface area (Å²) >= 11 is 0. The molecule has 0 unspecified atom stereocenters. The van der Waals surface area contributed by atoms with Crippen molar-refractivity contribution in [2.45, 2.75) is 45.6 Å². The van der Waals surface area contributed by atoms with E-state index in [4.69, 9.17) is 0 Å². The molecule has 2 aliphatic heterocycles. The minimum atomic E-state index is 0.303. The van der Waals surface area contributed by atoms with Crippen LogP contribution in [-0.2, 0) is 4.79 Å². The minimum Gasteiger partial charge on any atom is -0.342 e. The van der Waals surface area contributed by atoms with Crippen LogP contribution < -0.4 is 0 Å².